The van der Waals surface area contributed by atoms with Crippen LogP contribution < -0.4 is 0 Å². The average molecular weight is 330 g/mol. The van der Waals surface area contributed by atoms with Crippen LogP contribution in [0.4, 0.5) is 4.79 Å². The first kappa shape index (κ1) is 16.5. The van der Waals surface area contributed by atoms with Crippen molar-refractivity contribution in [3.8, 4) is 0 Å². The quantitative estimate of drug-likeness (QED) is 0.853. The minimum atomic E-state index is -0.775. The second-order valence-electron chi connectivity index (χ2n) is 6.74. The van der Waals surface area contributed by atoms with E-state index in [1.807, 2.05) is 20.8 Å². The summed E-state index contributed by atoms with van der Waals surface area (Å²) in [5.74, 6) is 0.235. The van der Waals surface area contributed by atoms with Gasteiger partial charge < -0.3 is 9.15 Å². The van der Waals surface area contributed by atoms with Gasteiger partial charge in [-0.1, -0.05) is 6.92 Å². The summed E-state index contributed by atoms with van der Waals surface area (Å²) in [6.45, 7) is 5.83. The fourth-order valence-corrected chi connectivity index (χ4v) is 3.49. The molecule has 0 radical (unpaired) electrons. The average Bonchev–Trinajstić information content (AvgIpc) is 3.21. The van der Waals surface area contributed by atoms with Crippen LogP contribution in [-0.2, 0) is 9.53 Å². The monoisotopic (exact) mass is 330 g/mol. The fourth-order valence-electron chi connectivity index (χ4n) is 3.49. The zero-order valence-corrected chi connectivity index (χ0v) is 14.2. The van der Waals surface area contributed by atoms with Crippen LogP contribution in [0.1, 0.15) is 50.3 Å². The van der Waals surface area contributed by atoms with E-state index in [4.69, 9.17) is 9.15 Å². The van der Waals surface area contributed by atoms with Crippen LogP contribution in [0, 0.1) is 18.3 Å². The number of ether oxygens (including phenoxy) is 1. The van der Waals surface area contributed by atoms with Gasteiger partial charge in [0.15, 0.2) is 0 Å². The molecule has 0 N–H and O–H groups in total. The Hall–Kier alpha value is -2.37. The molecular weight excluding hydrogens is 308 g/mol. The highest BCUT2D eigenvalue weighted by atomic mass is 16.6. The van der Waals surface area contributed by atoms with E-state index in [-0.39, 0.29) is 11.7 Å². The third-order valence-corrected chi connectivity index (χ3v) is 5.32. The number of ketones is 1. The van der Waals surface area contributed by atoms with Crippen molar-refractivity contribution >= 4 is 11.9 Å². The summed E-state index contributed by atoms with van der Waals surface area (Å²) in [6.07, 6.45) is 8.67. The fraction of sp³-hybridized carbons (Fsp3) is 0.500. The number of aryl methyl sites for hydroxylation is 1. The first-order valence-electron chi connectivity index (χ1n) is 8.19. The first-order chi connectivity index (χ1) is 11.4. The van der Waals surface area contributed by atoms with Gasteiger partial charge in [-0.15, -0.1) is 0 Å². The number of Topliss-reactive ketones (excluding diaryl/α,β-unsaturated/α-hetero) is 1. The lowest BCUT2D eigenvalue weighted by molar-refractivity contribution is -0.143. The summed E-state index contributed by atoms with van der Waals surface area (Å²) in [4.78, 5) is 29.1. The van der Waals surface area contributed by atoms with Crippen LogP contribution in [0.5, 0.6) is 0 Å². The van der Waals surface area contributed by atoms with Crippen LogP contribution in [0.15, 0.2) is 35.7 Å². The Morgan fingerprint density at radius 1 is 1.50 bits per heavy atom. The second kappa shape index (κ2) is 6.26. The highest BCUT2D eigenvalue weighted by Crippen LogP contribution is 2.49. The summed E-state index contributed by atoms with van der Waals surface area (Å²) >= 11 is 0. The number of aromatic nitrogens is 2. The number of nitrogens with zero attached hydrogens (tertiary/aromatic N) is 2. The maximum atomic E-state index is 12.8. The second-order valence-corrected chi connectivity index (χ2v) is 6.74. The number of hydrogen-bond donors (Lipinski definition) is 0. The maximum Gasteiger partial charge on any atom is 0.419 e. The Kier molecular flexibility index (Phi) is 4.30. The lowest BCUT2D eigenvalue weighted by atomic mass is 9.63. The van der Waals surface area contributed by atoms with Gasteiger partial charge in [-0.3, -0.25) is 4.79 Å². The first-order valence-corrected chi connectivity index (χ1v) is 8.19. The van der Waals surface area contributed by atoms with Crippen molar-refractivity contribution in [2.75, 3.05) is 0 Å². The molecule has 0 saturated heterocycles. The Morgan fingerprint density at radius 3 is 2.88 bits per heavy atom. The number of furan rings is 1. The van der Waals surface area contributed by atoms with Gasteiger partial charge in [0.1, 0.15) is 18.2 Å². The van der Waals surface area contributed by atoms with E-state index in [1.54, 1.807) is 12.5 Å². The normalized spacial score (nSPS) is 25.5. The van der Waals surface area contributed by atoms with Crippen molar-refractivity contribution in [2.45, 2.75) is 46.1 Å². The van der Waals surface area contributed by atoms with Gasteiger partial charge in [-0.2, -0.15) is 0 Å². The molecule has 0 aliphatic heterocycles. The van der Waals surface area contributed by atoms with Gasteiger partial charge in [0.05, 0.1) is 17.9 Å². The number of carbonyl (C=O) groups is 2. The van der Waals surface area contributed by atoms with Crippen molar-refractivity contribution in [1.29, 1.82) is 0 Å². The molecule has 3 rings (SSSR count). The zero-order chi connectivity index (χ0) is 17.3. The molecule has 6 nitrogen and oxygen atoms in total. The number of hydrogen-bond acceptors (Lipinski definition) is 5. The smallest absolute Gasteiger partial charge is 0.419 e. The maximum absolute atomic E-state index is 12.8. The molecule has 1 saturated carbocycles. The van der Waals surface area contributed by atoms with Crippen LogP contribution in [0.25, 0.3) is 0 Å². The molecule has 0 aromatic carbocycles. The minimum Gasteiger partial charge on any atom is -0.472 e. The molecule has 1 aliphatic carbocycles. The predicted octanol–water partition coefficient (Wildman–Crippen LogP) is 3.91. The van der Waals surface area contributed by atoms with Crippen molar-refractivity contribution in [1.82, 2.24) is 9.55 Å². The molecule has 3 atom stereocenters. The molecule has 2 aromatic rings. The minimum absolute atomic E-state index is 0.105. The zero-order valence-electron chi connectivity index (χ0n) is 14.2. The largest absolute Gasteiger partial charge is 0.472 e. The molecule has 1 fully saturated rings. The van der Waals surface area contributed by atoms with E-state index in [0.29, 0.717) is 6.42 Å². The summed E-state index contributed by atoms with van der Waals surface area (Å²) in [5, 5.41) is 0. The van der Waals surface area contributed by atoms with E-state index in [9.17, 15) is 9.59 Å². The lowest BCUT2D eigenvalue weighted by Crippen LogP contribution is -2.45. The highest BCUT2D eigenvalue weighted by molar-refractivity contribution is 5.87. The lowest BCUT2D eigenvalue weighted by Gasteiger charge is -2.43. The molecular formula is C18H22N2O4. The van der Waals surface area contributed by atoms with Gasteiger partial charge in [0, 0.05) is 24.4 Å². The van der Waals surface area contributed by atoms with Crippen LogP contribution in [-0.4, -0.2) is 21.4 Å². The number of rotatable bonds is 3. The molecule has 0 unspecified atom stereocenters. The van der Waals surface area contributed by atoms with E-state index in [1.165, 1.54) is 23.3 Å². The Morgan fingerprint density at radius 2 is 2.29 bits per heavy atom. The van der Waals surface area contributed by atoms with E-state index in [0.717, 1.165) is 24.0 Å². The standard InChI is InChI=1S/C18H22N2O4/c1-12-9-23-10-14(12)16(24-17(22)20-8-7-19-11-20)18(3)13(2)5-4-6-15(18)21/h7-11,13,16H,4-6H2,1-3H3/t13-,16+,18+/m0/s1. The Bertz CT molecular complexity index is 734. The van der Waals surface area contributed by atoms with Gasteiger partial charge in [-0.05, 0) is 38.2 Å². The van der Waals surface area contributed by atoms with Crippen LogP contribution in [0.3, 0.4) is 0 Å². The van der Waals surface area contributed by atoms with Gasteiger partial charge >= 0.3 is 6.09 Å². The summed E-state index contributed by atoms with van der Waals surface area (Å²) in [7, 11) is 0. The van der Waals surface area contributed by atoms with Gasteiger partial charge in [0.25, 0.3) is 0 Å². The van der Waals surface area contributed by atoms with E-state index >= 15 is 0 Å². The summed E-state index contributed by atoms with van der Waals surface area (Å²) in [5.41, 5.74) is 0.835. The van der Waals surface area contributed by atoms with Crippen LogP contribution in [0.2, 0.25) is 0 Å². The molecule has 0 spiro atoms. The Labute approximate surface area is 140 Å². The highest BCUT2D eigenvalue weighted by Gasteiger charge is 2.50. The van der Waals surface area contributed by atoms with Crippen molar-refractivity contribution in [3.63, 3.8) is 0 Å². The molecule has 2 heterocycles. The van der Waals surface area contributed by atoms with Crippen LogP contribution >= 0.6 is 0 Å². The summed E-state index contributed by atoms with van der Waals surface area (Å²) in [6, 6.07) is 0. The molecule has 2 aromatic heterocycles. The topological polar surface area (TPSA) is 74.3 Å². The number of imidazole rings is 1. The van der Waals surface area contributed by atoms with Crippen molar-refractivity contribution in [3.05, 3.63) is 42.4 Å². The molecule has 6 heteroatoms. The SMILES string of the molecule is Cc1cocc1[C@@H](OC(=O)n1ccnc1)[C@@]1(C)C(=O)CCC[C@@H]1C. The Balaban J connectivity index is 2.01. The third kappa shape index (κ3) is 2.66. The summed E-state index contributed by atoms with van der Waals surface area (Å²) < 4.78 is 12.4. The molecule has 24 heavy (non-hydrogen) atoms. The van der Waals surface area contributed by atoms with Crippen molar-refractivity contribution in [2.24, 2.45) is 11.3 Å². The van der Waals surface area contributed by atoms with Crippen molar-refractivity contribution < 1.29 is 18.7 Å². The molecule has 1 aliphatic rings. The van der Waals surface area contributed by atoms with Gasteiger partial charge in [-0.25, -0.2) is 14.3 Å². The third-order valence-electron chi connectivity index (χ3n) is 5.32. The predicted molar refractivity (Wildman–Crippen MR) is 86.4 cm³/mol. The van der Waals surface area contributed by atoms with Gasteiger partial charge in [0.2, 0.25) is 0 Å². The molecule has 128 valence electrons. The molecule has 0 bridgehead atoms. The number of carbonyl (C=O) groups excluding carboxylic acids is 2. The van der Waals surface area contributed by atoms with E-state index in [2.05, 4.69) is 4.98 Å². The molecule has 0 amide bonds. The van der Waals surface area contributed by atoms with E-state index < -0.39 is 17.6 Å².